The molecule has 0 aromatic rings. The molecule has 0 aromatic carbocycles. The fourth-order valence-corrected chi connectivity index (χ4v) is 0.529. The summed E-state index contributed by atoms with van der Waals surface area (Å²) in [5.41, 5.74) is 0. The SMILES string of the molecule is CC[C@H](NC(=O)OC)C(=O)[O-]. The van der Waals surface area contributed by atoms with Crippen LogP contribution in [0.25, 0.3) is 0 Å². The Morgan fingerprint density at radius 3 is 2.45 bits per heavy atom. The van der Waals surface area contributed by atoms with Gasteiger partial charge in [0.1, 0.15) is 0 Å². The highest BCUT2D eigenvalue weighted by Gasteiger charge is 2.09. The van der Waals surface area contributed by atoms with Crippen molar-refractivity contribution >= 4 is 12.1 Å². The average molecular weight is 160 g/mol. The molecule has 0 aliphatic rings. The highest BCUT2D eigenvalue weighted by molar-refractivity contribution is 5.78. The molecule has 0 radical (unpaired) electrons. The van der Waals surface area contributed by atoms with Crippen LogP contribution in [0.2, 0.25) is 0 Å². The Balaban J connectivity index is 3.88. The van der Waals surface area contributed by atoms with E-state index in [0.717, 1.165) is 7.11 Å². The van der Waals surface area contributed by atoms with Gasteiger partial charge >= 0.3 is 6.09 Å². The summed E-state index contributed by atoms with van der Waals surface area (Å²) in [5.74, 6) is -1.31. The second kappa shape index (κ2) is 4.54. The van der Waals surface area contributed by atoms with Crippen LogP contribution in [0.15, 0.2) is 0 Å². The summed E-state index contributed by atoms with van der Waals surface area (Å²) in [6.07, 6.45) is -0.488. The second-order valence-corrected chi connectivity index (χ2v) is 1.92. The molecule has 0 spiro atoms. The van der Waals surface area contributed by atoms with Gasteiger partial charge in [-0.25, -0.2) is 4.79 Å². The highest BCUT2D eigenvalue weighted by atomic mass is 16.5. The van der Waals surface area contributed by atoms with Gasteiger partial charge < -0.3 is 20.0 Å². The molecule has 1 amide bonds. The third-order valence-corrected chi connectivity index (χ3v) is 1.17. The minimum Gasteiger partial charge on any atom is -0.548 e. The van der Waals surface area contributed by atoms with Crippen LogP contribution in [0, 0.1) is 0 Å². The zero-order chi connectivity index (χ0) is 8.85. The van der Waals surface area contributed by atoms with Crippen molar-refractivity contribution in [3.8, 4) is 0 Å². The van der Waals surface area contributed by atoms with Crippen LogP contribution < -0.4 is 10.4 Å². The smallest absolute Gasteiger partial charge is 0.407 e. The van der Waals surface area contributed by atoms with Gasteiger partial charge in [-0.15, -0.1) is 0 Å². The number of nitrogens with one attached hydrogen (secondary N) is 1. The molecule has 64 valence electrons. The first-order valence-electron chi connectivity index (χ1n) is 3.17. The number of methoxy groups -OCH3 is 1. The van der Waals surface area contributed by atoms with Gasteiger partial charge in [-0.3, -0.25) is 0 Å². The van der Waals surface area contributed by atoms with Crippen molar-refractivity contribution in [2.45, 2.75) is 19.4 Å². The fraction of sp³-hybridized carbons (Fsp3) is 0.667. The Labute approximate surface area is 64.3 Å². The summed E-state index contributed by atoms with van der Waals surface area (Å²) in [5, 5.41) is 12.3. The largest absolute Gasteiger partial charge is 0.548 e. The molecule has 0 aliphatic carbocycles. The summed E-state index contributed by atoms with van der Waals surface area (Å²) in [4.78, 5) is 20.7. The molecule has 5 heteroatoms. The lowest BCUT2D eigenvalue weighted by molar-refractivity contribution is -0.308. The Bertz CT molecular complexity index is 157. The normalized spacial score (nSPS) is 11.8. The average Bonchev–Trinajstić information content (AvgIpc) is 1.99. The number of rotatable bonds is 3. The maximum atomic E-state index is 10.5. The minimum absolute atomic E-state index is 0.275. The first-order chi connectivity index (χ1) is 5.11. The van der Waals surface area contributed by atoms with Crippen LogP contribution in [0.5, 0.6) is 0 Å². The van der Waals surface area contributed by atoms with Gasteiger partial charge in [0, 0.05) is 0 Å². The summed E-state index contributed by atoms with van der Waals surface area (Å²) in [6, 6.07) is -0.970. The molecular weight excluding hydrogens is 150 g/mol. The van der Waals surface area contributed by atoms with Crippen molar-refractivity contribution in [3.05, 3.63) is 0 Å². The molecule has 1 atom stereocenters. The molecule has 1 N–H and O–H groups in total. The lowest BCUT2D eigenvalue weighted by Crippen LogP contribution is -2.47. The number of carbonyl (C=O) groups excluding carboxylic acids is 2. The first kappa shape index (κ1) is 9.74. The van der Waals surface area contributed by atoms with E-state index in [0.29, 0.717) is 0 Å². The van der Waals surface area contributed by atoms with E-state index in [9.17, 15) is 14.7 Å². The molecule has 0 bridgehead atoms. The third-order valence-electron chi connectivity index (χ3n) is 1.17. The lowest BCUT2D eigenvalue weighted by Gasteiger charge is -2.16. The molecule has 5 nitrogen and oxygen atoms in total. The van der Waals surface area contributed by atoms with Crippen LogP contribution in [0.1, 0.15) is 13.3 Å². The lowest BCUT2D eigenvalue weighted by atomic mass is 10.2. The van der Waals surface area contributed by atoms with Crippen molar-refractivity contribution in [1.82, 2.24) is 5.32 Å². The predicted octanol–water partition coefficient (Wildman–Crippen LogP) is -1.13. The van der Waals surface area contributed by atoms with E-state index in [4.69, 9.17) is 0 Å². The molecule has 0 saturated heterocycles. The molecule has 0 aromatic heterocycles. The van der Waals surface area contributed by atoms with Gasteiger partial charge in [0.25, 0.3) is 0 Å². The quantitative estimate of drug-likeness (QED) is 0.566. The van der Waals surface area contributed by atoms with E-state index in [-0.39, 0.29) is 6.42 Å². The Kier molecular flexibility index (Phi) is 4.02. The van der Waals surface area contributed by atoms with Gasteiger partial charge in [-0.05, 0) is 6.42 Å². The molecule has 0 saturated carbocycles. The standard InChI is InChI=1S/C6H11NO4/c1-3-4(5(8)9)7-6(10)11-2/h4H,3H2,1-2H3,(H,7,10)(H,8,9)/p-1/t4-/m0/s1. The van der Waals surface area contributed by atoms with E-state index >= 15 is 0 Å². The van der Waals surface area contributed by atoms with Crippen LogP contribution in [0.3, 0.4) is 0 Å². The van der Waals surface area contributed by atoms with Crippen LogP contribution in [-0.2, 0) is 9.53 Å². The number of ether oxygens (including phenoxy) is 1. The van der Waals surface area contributed by atoms with E-state index in [2.05, 4.69) is 10.1 Å². The molecule has 0 heterocycles. The third kappa shape index (κ3) is 3.44. The zero-order valence-corrected chi connectivity index (χ0v) is 6.42. The highest BCUT2D eigenvalue weighted by Crippen LogP contribution is 1.88. The molecule has 11 heavy (non-hydrogen) atoms. The number of carbonyl (C=O) groups is 2. The van der Waals surface area contributed by atoms with Crippen LogP contribution in [0.4, 0.5) is 4.79 Å². The van der Waals surface area contributed by atoms with Crippen LogP contribution >= 0.6 is 0 Å². The van der Waals surface area contributed by atoms with Crippen molar-refractivity contribution < 1.29 is 19.4 Å². The molecule has 0 aliphatic heterocycles. The number of hydrogen-bond acceptors (Lipinski definition) is 4. The molecule has 0 unspecified atom stereocenters. The number of aliphatic carboxylic acids is 1. The molecule has 0 fully saturated rings. The summed E-state index contributed by atoms with van der Waals surface area (Å²) in [6.45, 7) is 1.62. The number of alkyl carbamates (subject to hydrolysis) is 1. The molecular formula is C6H10NO4-. The Hall–Kier alpha value is -1.26. The number of hydrogen-bond donors (Lipinski definition) is 1. The predicted molar refractivity (Wildman–Crippen MR) is 34.6 cm³/mol. The van der Waals surface area contributed by atoms with Crippen LogP contribution in [-0.4, -0.2) is 25.2 Å². The molecule has 0 rings (SSSR count). The fourth-order valence-electron chi connectivity index (χ4n) is 0.529. The van der Waals surface area contributed by atoms with E-state index < -0.39 is 18.1 Å². The van der Waals surface area contributed by atoms with Crippen molar-refractivity contribution in [2.24, 2.45) is 0 Å². The van der Waals surface area contributed by atoms with E-state index in [1.165, 1.54) is 0 Å². The van der Waals surface area contributed by atoms with Gasteiger partial charge in [0.15, 0.2) is 0 Å². The maximum Gasteiger partial charge on any atom is 0.407 e. The van der Waals surface area contributed by atoms with Crippen molar-refractivity contribution in [3.63, 3.8) is 0 Å². The van der Waals surface area contributed by atoms with Gasteiger partial charge in [-0.2, -0.15) is 0 Å². The van der Waals surface area contributed by atoms with Crippen molar-refractivity contribution in [2.75, 3.05) is 7.11 Å². The van der Waals surface area contributed by atoms with Gasteiger partial charge in [-0.1, -0.05) is 6.92 Å². The summed E-state index contributed by atoms with van der Waals surface area (Å²) < 4.78 is 4.19. The Morgan fingerprint density at radius 2 is 2.18 bits per heavy atom. The first-order valence-corrected chi connectivity index (χ1v) is 3.17. The van der Waals surface area contributed by atoms with E-state index in [1.54, 1.807) is 6.92 Å². The zero-order valence-electron chi connectivity index (χ0n) is 6.42. The Morgan fingerprint density at radius 1 is 1.64 bits per heavy atom. The summed E-state index contributed by atoms with van der Waals surface area (Å²) in [7, 11) is 1.16. The van der Waals surface area contributed by atoms with Gasteiger partial charge in [0.2, 0.25) is 0 Å². The van der Waals surface area contributed by atoms with Gasteiger partial charge in [0.05, 0.1) is 19.1 Å². The topological polar surface area (TPSA) is 78.5 Å². The minimum atomic E-state index is -1.31. The number of carboxylic acids is 1. The van der Waals surface area contributed by atoms with Crippen molar-refractivity contribution in [1.29, 1.82) is 0 Å². The number of amides is 1. The monoisotopic (exact) mass is 160 g/mol. The van der Waals surface area contributed by atoms with E-state index in [1.807, 2.05) is 0 Å². The summed E-state index contributed by atoms with van der Waals surface area (Å²) >= 11 is 0. The number of carboxylic acid groups (broad SMARTS) is 1. The second-order valence-electron chi connectivity index (χ2n) is 1.92. The maximum absolute atomic E-state index is 10.5.